The maximum Gasteiger partial charge on any atom is 0.266 e. The molecule has 0 unspecified atom stereocenters. The number of carbonyl (C=O) groups excluding carboxylic acids is 1. The molecule has 1 amide bonds. The smallest absolute Gasteiger partial charge is 0.266 e. The molecule has 0 fully saturated rings. The van der Waals surface area contributed by atoms with Crippen molar-refractivity contribution in [3.63, 3.8) is 0 Å². The maximum atomic E-state index is 13.7. The molecule has 3 aromatic rings. The van der Waals surface area contributed by atoms with Crippen LogP contribution < -0.4 is 14.8 Å². The van der Waals surface area contributed by atoms with Gasteiger partial charge in [-0.3, -0.25) is 4.79 Å². The van der Waals surface area contributed by atoms with Crippen LogP contribution in [-0.4, -0.2) is 23.0 Å². The van der Waals surface area contributed by atoms with Crippen molar-refractivity contribution >= 4 is 29.3 Å². The topological polar surface area (TPSA) is 97.1 Å². The molecular formula is C21H14ClFN4O3. The molecule has 9 heteroatoms. The largest absolute Gasteiger partial charge is 0.495 e. The highest BCUT2D eigenvalue weighted by atomic mass is 35.5. The highest BCUT2D eigenvalue weighted by Gasteiger charge is 2.13. The minimum atomic E-state index is -0.761. The Labute approximate surface area is 176 Å². The summed E-state index contributed by atoms with van der Waals surface area (Å²) >= 11 is 5.64. The van der Waals surface area contributed by atoms with Crippen molar-refractivity contribution in [2.75, 3.05) is 12.4 Å². The molecule has 0 aliphatic heterocycles. The van der Waals surface area contributed by atoms with Crippen molar-refractivity contribution in [1.29, 1.82) is 5.26 Å². The molecule has 0 bridgehead atoms. The van der Waals surface area contributed by atoms with Gasteiger partial charge in [-0.05, 0) is 47.5 Å². The van der Waals surface area contributed by atoms with Gasteiger partial charge in [0.15, 0.2) is 0 Å². The number of benzene rings is 2. The molecule has 0 saturated heterocycles. The van der Waals surface area contributed by atoms with Crippen LogP contribution in [0.1, 0.15) is 5.56 Å². The summed E-state index contributed by atoms with van der Waals surface area (Å²) < 4.78 is 24.2. The quantitative estimate of drug-likeness (QED) is 0.352. The fourth-order valence-corrected chi connectivity index (χ4v) is 2.52. The van der Waals surface area contributed by atoms with Gasteiger partial charge in [-0.1, -0.05) is 24.3 Å². The molecule has 2 aromatic carbocycles. The predicted octanol–water partition coefficient (Wildman–Crippen LogP) is 4.62. The van der Waals surface area contributed by atoms with Crippen LogP contribution >= 0.6 is 11.6 Å². The van der Waals surface area contributed by atoms with E-state index in [9.17, 15) is 14.4 Å². The highest BCUT2D eigenvalue weighted by molar-refractivity contribution is 6.28. The van der Waals surface area contributed by atoms with Crippen LogP contribution in [0.25, 0.3) is 6.08 Å². The summed E-state index contributed by atoms with van der Waals surface area (Å²) in [5, 5.41) is 11.9. The Bertz CT molecular complexity index is 1140. The van der Waals surface area contributed by atoms with Crippen molar-refractivity contribution in [1.82, 2.24) is 9.97 Å². The Morgan fingerprint density at radius 1 is 1.23 bits per heavy atom. The number of nitrogens with one attached hydrogen (secondary N) is 1. The van der Waals surface area contributed by atoms with Gasteiger partial charge in [-0.25, -0.2) is 4.98 Å². The van der Waals surface area contributed by atoms with Crippen molar-refractivity contribution < 1.29 is 18.7 Å². The lowest BCUT2D eigenvalue weighted by Gasteiger charge is -2.09. The summed E-state index contributed by atoms with van der Waals surface area (Å²) in [6, 6.07) is 15.0. The molecule has 0 aliphatic carbocycles. The van der Waals surface area contributed by atoms with E-state index in [1.807, 2.05) is 6.07 Å². The summed E-state index contributed by atoms with van der Waals surface area (Å²) in [4.78, 5) is 19.6. The molecule has 30 heavy (non-hydrogen) atoms. The van der Waals surface area contributed by atoms with Crippen LogP contribution in [-0.2, 0) is 4.79 Å². The molecule has 1 N–H and O–H groups in total. The number of hydrogen-bond acceptors (Lipinski definition) is 6. The first kappa shape index (κ1) is 20.8. The zero-order chi connectivity index (χ0) is 21.5. The van der Waals surface area contributed by atoms with E-state index in [0.29, 0.717) is 17.0 Å². The van der Waals surface area contributed by atoms with Crippen molar-refractivity contribution in [3.8, 4) is 23.4 Å². The number of rotatable bonds is 6. The Morgan fingerprint density at radius 2 is 1.97 bits per heavy atom. The van der Waals surface area contributed by atoms with Gasteiger partial charge in [0.25, 0.3) is 11.8 Å². The molecule has 1 aromatic heterocycles. The lowest BCUT2D eigenvalue weighted by Crippen LogP contribution is -2.14. The van der Waals surface area contributed by atoms with Gasteiger partial charge in [0.2, 0.25) is 11.1 Å². The summed E-state index contributed by atoms with van der Waals surface area (Å²) in [6.07, 6.45) is 2.32. The van der Waals surface area contributed by atoms with Crippen LogP contribution in [0.3, 0.4) is 0 Å². The monoisotopic (exact) mass is 424 g/mol. The molecule has 0 aliphatic rings. The van der Waals surface area contributed by atoms with Gasteiger partial charge in [-0.2, -0.15) is 14.6 Å². The second kappa shape index (κ2) is 9.49. The van der Waals surface area contributed by atoms with E-state index < -0.39 is 11.7 Å². The van der Waals surface area contributed by atoms with Crippen LogP contribution in [0.15, 0.2) is 60.3 Å². The third-order valence-electron chi connectivity index (χ3n) is 3.81. The van der Waals surface area contributed by atoms with Crippen molar-refractivity contribution in [2.24, 2.45) is 0 Å². The standard InChI is InChI=1S/C21H14ClFN4O3/c1-29-18-5-3-2-4-17(18)26-19(28)14(11-24)10-13-6-8-15(9-7-13)30-20-16(23)12-25-21(22)27-20/h2-10,12H,1H3,(H,26,28). The number of carbonyl (C=O) groups is 1. The van der Waals surface area contributed by atoms with Gasteiger partial charge in [0.1, 0.15) is 23.1 Å². The lowest BCUT2D eigenvalue weighted by atomic mass is 10.1. The fourth-order valence-electron chi connectivity index (χ4n) is 2.40. The molecule has 7 nitrogen and oxygen atoms in total. The molecule has 0 radical (unpaired) electrons. The minimum absolute atomic E-state index is 0.108. The summed E-state index contributed by atoms with van der Waals surface area (Å²) in [7, 11) is 1.48. The van der Waals surface area contributed by atoms with Crippen molar-refractivity contribution in [2.45, 2.75) is 0 Å². The van der Waals surface area contributed by atoms with E-state index in [0.717, 1.165) is 6.20 Å². The minimum Gasteiger partial charge on any atom is -0.495 e. The van der Waals surface area contributed by atoms with Crippen LogP contribution in [0, 0.1) is 17.1 Å². The average Bonchev–Trinajstić information content (AvgIpc) is 2.76. The number of para-hydroxylation sites is 2. The second-order valence-electron chi connectivity index (χ2n) is 5.79. The number of amides is 1. The first-order chi connectivity index (χ1) is 14.5. The number of halogens is 2. The third-order valence-corrected chi connectivity index (χ3v) is 3.99. The van der Waals surface area contributed by atoms with Crippen LogP contribution in [0.4, 0.5) is 10.1 Å². The zero-order valence-corrected chi connectivity index (χ0v) is 16.4. The SMILES string of the molecule is COc1ccccc1NC(=O)C(C#N)=Cc1ccc(Oc2nc(Cl)ncc2F)cc1. The van der Waals surface area contributed by atoms with E-state index in [-0.39, 0.29) is 22.5 Å². The van der Waals surface area contributed by atoms with E-state index in [1.165, 1.54) is 25.3 Å². The number of anilines is 1. The molecule has 150 valence electrons. The van der Waals surface area contributed by atoms with Gasteiger partial charge in [0, 0.05) is 0 Å². The molecular weight excluding hydrogens is 411 g/mol. The van der Waals surface area contributed by atoms with E-state index in [2.05, 4.69) is 15.3 Å². The fraction of sp³-hybridized carbons (Fsp3) is 0.0476. The average molecular weight is 425 g/mol. The normalized spacial score (nSPS) is 10.8. The first-order valence-electron chi connectivity index (χ1n) is 8.52. The number of ether oxygens (including phenoxy) is 2. The summed E-state index contributed by atoms with van der Waals surface area (Å²) in [5.41, 5.74) is 0.902. The second-order valence-corrected chi connectivity index (χ2v) is 6.13. The Balaban J connectivity index is 1.75. The predicted molar refractivity (Wildman–Crippen MR) is 109 cm³/mol. The Morgan fingerprint density at radius 3 is 2.67 bits per heavy atom. The Hall–Kier alpha value is -3.96. The Kier molecular flexibility index (Phi) is 6.57. The molecule has 1 heterocycles. The number of nitriles is 1. The summed E-state index contributed by atoms with van der Waals surface area (Å²) in [6.45, 7) is 0. The van der Waals surface area contributed by atoms with Gasteiger partial charge < -0.3 is 14.8 Å². The maximum absolute atomic E-state index is 13.7. The number of hydrogen-bond donors (Lipinski definition) is 1. The van der Waals surface area contributed by atoms with Gasteiger partial charge >= 0.3 is 0 Å². The molecule has 0 spiro atoms. The molecule has 0 atom stereocenters. The van der Waals surface area contributed by atoms with Crippen LogP contribution in [0.5, 0.6) is 17.4 Å². The first-order valence-corrected chi connectivity index (χ1v) is 8.90. The van der Waals surface area contributed by atoms with Gasteiger partial charge in [0.05, 0.1) is 19.0 Å². The van der Waals surface area contributed by atoms with E-state index in [1.54, 1.807) is 36.4 Å². The number of nitrogens with zero attached hydrogens (tertiary/aromatic N) is 3. The number of methoxy groups -OCH3 is 1. The molecule has 3 rings (SSSR count). The zero-order valence-electron chi connectivity index (χ0n) is 15.6. The van der Waals surface area contributed by atoms with Gasteiger partial charge in [-0.15, -0.1) is 0 Å². The molecule has 0 saturated carbocycles. The third kappa shape index (κ3) is 5.10. The van der Waals surface area contributed by atoms with Crippen LogP contribution in [0.2, 0.25) is 5.28 Å². The number of aromatic nitrogens is 2. The van der Waals surface area contributed by atoms with E-state index >= 15 is 0 Å². The summed E-state index contributed by atoms with van der Waals surface area (Å²) in [5.74, 6) is -0.894. The lowest BCUT2D eigenvalue weighted by molar-refractivity contribution is -0.112. The van der Waals surface area contributed by atoms with E-state index in [4.69, 9.17) is 21.1 Å². The highest BCUT2D eigenvalue weighted by Crippen LogP contribution is 2.25. The van der Waals surface area contributed by atoms with Crippen molar-refractivity contribution in [3.05, 3.63) is 77.0 Å².